The predicted molar refractivity (Wildman–Crippen MR) is 221 cm³/mol. The van der Waals surface area contributed by atoms with E-state index in [1.165, 1.54) is 86.0 Å². The Morgan fingerprint density at radius 2 is 1.04 bits per heavy atom. The van der Waals surface area contributed by atoms with Crippen molar-refractivity contribution in [2.45, 2.75) is 0 Å². The molecule has 0 unspecified atom stereocenters. The Labute approximate surface area is 301 Å². The van der Waals surface area contributed by atoms with Gasteiger partial charge in [-0.15, -0.1) is 11.3 Å². The van der Waals surface area contributed by atoms with Crippen molar-refractivity contribution in [1.29, 1.82) is 0 Å². The van der Waals surface area contributed by atoms with Gasteiger partial charge in [0.25, 0.3) is 0 Å². The second-order valence-corrected chi connectivity index (χ2v) is 14.7. The minimum Gasteiger partial charge on any atom is -0.455 e. The molecule has 0 saturated heterocycles. The van der Waals surface area contributed by atoms with Crippen molar-refractivity contribution in [1.82, 2.24) is 9.13 Å². The van der Waals surface area contributed by atoms with Crippen molar-refractivity contribution in [3.8, 4) is 22.5 Å². The second kappa shape index (κ2) is 10.5. The van der Waals surface area contributed by atoms with E-state index in [-0.39, 0.29) is 0 Å². The Balaban J connectivity index is 1.21. The number of hydrogen-bond acceptors (Lipinski definition) is 2. The van der Waals surface area contributed by atoms with Crippen LogP contribution in [-0.4, -0.2) is 9.13 Å². The molecule has 52 heavy (non-hydrogen) atoms. The quantitative estimate of drug-likeness (QED) is 0.182. The molecule has 4 aromatic heterocycles. The van der Waals surface area contributed by atoms with Gasteiger partial charge < -0.3 is 13.6 Å². The minimum atomic E-state index is 0.918. The number of thiophene rings is 1. The predicted octanol–water partition coefficient (Wildman–Crippen LogP) is 13.8. The summed E-state index contributed by atoms with van der Waals surface area (Å²) in [6.45, 7) is 0. The first-order chi connectivity index (χ1) is 25.8. The molecule has 0 radical (unpaired) electrons. The van der Waals surface area contributed by atoms with Crippen molar-refractivity contribution in [2.75, 3.05) is 0 Å². The molecular weight excluding hydrogens is 653 g/mol. The van der Waals surface area contributed by atoms with E-state index in [4.69, 9.17) is 4.42 Å². The summed E-state index contributed by atoms with van der Waals surface area (Å²) in [5.74, 6) is 0. The van der Waals surface area contributed by atoms with Crippen LogP contribution in [0.1, 0.15) is 0 Å². The third kappa shape index (κ3) is 3.74. The van der Waals surface area contributed by atoms with Gasteiger partial charge in [-0.25, -0.2) is 0 Å². The zero-order valence-electron chi connectivity index (χ0n) is 27.9. The summed E-state index contributed by atoms with van der Waals surface area (Å²) in [7, 11) is 0. The van der Waals surface area contributed by atoms with E-state index in [1.807, 2.05) is 11.3 Å². The molecule has 4 heterocycles. The van der Waals surface area contributed by atoms with Crippen molar-refractivity contribution in [2.24, 2.45) is 0 Å². The molecular formula is C48H28N2OS. The number of hydrogen-bond donors (Lipinski definition) is 0. The van der Waals surface area contributed by atoms with Crippen molar-refractivity contribution in [3.63, 3.8) is 0 Å². The number of aromatic nitrogens is 2. The van der Waals surface area contributed by atoms with E-state index in [1.54, 1.807) is 0 Å². The molecule has 0 saturated carbocycles. The molecule has 0 aliphatic carbocycles. The van der Waals surface area contributed by atoms with Crippen LogP contribution in [-0.2, 0) is 0 Å². The normalized spacial score (nSPS) is 12.2. The van der Waals surface area contributed by atoms with Gasteiger partial charge in [-0.3, -0.25) is 0 Å². The first-order valence-corrected chi connectivity index (χ1v) is 18.5. The maximum absolute atomic E-state index is 6.80. The van der Waals surface area contributed by atoms with Crippen LogP contribution in [0.4, 0.5) is 0 Å². The fraction of sp³-hybridized carbons (Fsp3) is 0. The van der Waals surface area contributed by atoms with Gasteiger partial charge in [-0.2, -0.15) is 0 Å². The summed E-state index contributed by atoms with van der Waals surface area (Å²) in [6, 6.07) is 61.5. The Morgan fingerprint density at radius 3 is 1.87 bits per heavy atom. The lowest BCUT2D eigenvalue weighted by Crippen LogP contribution is -1.94. The number of benzene rings is 8. The molecule has 8 aromatic carbocycles. The van der Waals surface area contributed by atoms with E-state index in [2.05, 4.69) is 179 Å². The van der Waals surface area contributed by atoms with E-state index in [9.17, 15) is 0 Å². The third-order valence-corrected chi connectivity index (χ3v) is 12.1. The summed E-state index contributed by atoms with van der Waals surface area (Å²) in [6.07, 6.45) is 0. The Morgan fingerprint density at radius 1 is 0.404 bits per heavy atom. The molecule has 0 fully saturated rings. The van der Waals surface area contributed by atoms with Crippen LogP contribution in [0.5, 0.6) is 0 Å². The van der Waals surface area contributed by atoms with E-state index in [0.29, 0.717) is 0 Å². The summed E-state index contributed by atoms with van der Waals surface area (Å²) < 4.78 is 14.2. The number of para-hydroxylation sites is 4. The Bertz CT molecular complexity index is 3400. The highest BCUT2D eigenvalue weighted by Crippen LogP contribution is 2.51. The minimum absolute atomic E-state index is 0.918. The van der Waals surface area contributed by atoms with Crippen LogP contribution in [0.25, 0.3) is 108 Å². The van der Waals surface area contributed by atoms with E-state index >= 15 is 0 Å². The largest absolute Gasteiger partial charge is 0.455 e. The van der Waals surface area contributed by atoms with Gasteiger partial charge in [0.2, 0.25) is 0 Å². The zero-order valence-corrected chi connectivity index (χ0v) is 28.7. The van der Waals surface area contributed by atoms with Crippen LogP contribution in [0, 0.1) is 0 Å². The van der Waals surface area contributed by atoms with Crippen LogP contribution >= 0.6 is 11.3 Å². The number of rotatable bonds is 3. The lowest BCUT2D eigenvalue weighted by Gasteiger charge is -2.10. The highest BCUT2D eigenvalue weighted by molar-refractivity contribution is 7.27. The molecule has 0 bridgehead atoms. The van der Waals surface area contributed by atoms with Gasteiger partial charge in [0.05, 0.1) is 26.8 Å². The summed E-state index contributed by atoms with van der Waals surface area (Å²) in [5.41, 5.74) is 11.4. The highest BCUT2D eigenvalue weighted by atomic mass is 32.1. The number of nitrogens with zero attached hydrogens (tertiary/aromatic N) is 2. The molecule has 0 aliphatic rings. The number of furan rings is 1. The standard InChI is InChI=1S/C48H28N2OS/c1-3-13-31(14-4-1)49-38-20-10-7-17-33(38)37-27-29(24-26-39(37)49)30-23-25-34-40(28-30)50(32-15-5-2-6-16-32)46-43(34)44-35-18-8-11-21-41(35)51-47(44)45-36-19-9-12-22-42(36)52-48(45)46/h1-28H. The summed E-state index contributed by atoms with van der Waals surface area (Å²) in [5, 5.41) is 9.73. The van der Waals surface area contributed by atoms with Crippen molar-refractivity contribution < 1.29 is 4.42 Å². The van der Waals surface area contributed by atoms with Gasteiger partial charge in [0, 0.05) is 59.2 Å². The van der Waals surface area contributed by atoms with Gasteiger partial charge in [0.15, 0.2) is 0 Å². The maximum atomic E-state index is 6.80. The molecule has 12 aromatic rings. The molecule has 0 spiro atoms. The van der Waals surface area contributed by atoms with Crippen LogP contribution in [0.15, 0.2) is 174 Å². The fourth-order valence-electron chi connectivity index (χ4n) is 8.70. The molecule has 3 nitrogen and oxygen atoms in total. The summed E-state index contributed by atoms with van der Waals surface area (Å²) in [4.78, 5) is 0. The molecule has 4 heteroatoms. The molecule has 0 amide bonds. The average Bonchev–Trinajstić information content (AvgIpc) is 3.96. The van der Waals surface area contributed by atoms with Crippen LogP contribution in [0.3, 0.4) is 0 Å². The van der Waals surface area contributed by atoms with E-state index < -0.39 is 0 Å². The SMILES string of the molecule is c1ccc(-n2c3ccccc3c3cc(-c4ccc5c6c7c8ccccc8oc7c7c8ccccc8sc7c6n(-c6ccccc6)c5c4)ccc32)cc1. The van der Waals surface area contributed by atoms with Gasteiger partial charge in [0.1, 0.15) is 11.2 Å². The molecule has 0 aliphatic heterocycles. The Hall–Kier alpha value is -6.62. The first kappa shape index (κ1) is 28.1. The van der Waals surface area contributed by atoms with Crippen molar-refractivity contribution in [3.05, 3.63) is 170 Å². The molecule has 0 N–H and O–H groups in total. The fourth-order valence-corrected chi connectivity index (χ4v) is 9.94. The highest BCUT2D eigenvalue weighted by Gasteiger charge is 2.25. The topological polar surface area (TPSA) is 23.0 Å². The number of fused-ring (bicyclic) bond motifs is 15. The molecule has 242 valence electrons. The monoisotopic (exact) mass is 680 g/mol. The smallest absolute Gasteiger partial charge is 0.145 e. The lowest BCUT2D eigenvalue weighted by atomic mass is 9.99. The zero-order chi connectivity index (χ0) is 33.9. The first-order valence-electron chi connectivity index (χ1n) is 17.7. The van der Waals surface area contributed by atoms with E-state index in [0.717, 1.165) is 22.2 Å². The maximum Gasteiger partial charge on any atom is 0.145 e. The van der Waals surface area contributed by atoms with Crippen LogP contribution in [0.2, 0.25) is 0 Å². The van der Waals surface area contributed by atoms with Crippen LogP contribution < -0.4 is 0 Å². The molecule has 12 rings (SSSR count). The van der Waals surface area contributed by atoms with Gasteiger partial charge >= 0.3 is 0 Å². The van der Waals surface area contributed by atoms with Gasteiger partial charge in [-0.1, -0.05) is 109 Å². The molecule has 0 atom stereocenters. The van der Waals surface area contributed by atoms with Crippen molar-refractivity contribution >= 4 is 97.1 Å². The second-order valence-electron chi connectivity index (χ2n) is 13.7. The Kier molecular flexibility index (Phi) is 5.65. The average molecular weight is 681 g/mol. The lowest BCUT2D eigenvalue weighted by molar-refractivity contribution is 0.673. The van der Waals surface area contributed by atoms with Gasteiger partial charge in [-0.05, 0) is 71.8 Å². The summed E-state index contributed by atoms with van der Waals surface area (Å²) >= 11 is 1.86. The third-order valence-electron chi connectivity index (χ3n) is 10.9.